The molecule has 0 atom stereocenters. The number of benzene rings is 8. The van der Waals surface area contributed by atoms with Crippen molar-refractivity contribution in [1.82, 2.24) is 13.4 Å². The van der Waals surface area contributed by atoms with Crippen molar-refractivity contribution in [1.29, 1.82) is 0 Å². The molecular formula is C46H25N3. The monoisotopic (exact) mass is 619 g/mol. The summed E-state index contributed by atoms with van der Waals surface area (Å²) in [4.78, 5) is 0. The highest BCUT2D eigenvalue weighted by molar-refractivity contribution is 6.35. The summed E-state index contributed by atoms with van der Waals surface area (Å²) in [5.74, 6) is 0. The molecule has 0 fully saturated rings. The van der Waals surface area contributed by atoms with Gasteiger partial charge in [0.2, 0.25) is 0 Å². The largest absolute Gasteiger partial charge is 0.308 e. The molecule has 0 aliphatic carbocycles. The molecule has 0 radical (unpaired) electrons. The molecule has 13 rings (SSSR count). The molecule has 3 heteroatoms. The summed E-state index contributed by atoms with van der Waals surface area (Å²) in [6.45, 7) is 0. The van der Waals surface area contributed by atoms with Crippen LogP contribution in [0.15, 0.2) is 152 Å². The molecular weight excluding hydrogens is 595 g/mol. The third-order valence-corrected chi connectivity index (χ3v) is 11.4. The van der Waals surface area contributed by atoms with Crippen molar-refractivity contribution >= 4 is 109 Å². The van der Waals surface area contributed by atoms with E-state index in [1.807, 2.05) is 0 Å². The van der Waals surface area contributed by atoms with Crippen molar-refractivity contribution in [2.45, 2.75) is 0 Å². The number of nitrogens with zero attached hydrogens (tertiary/aromatic N) is 3. The fourth-order valence-corrected chi connectivity index (χ4v) is 9.58. The summed E-state index contributed by atoms with van der Waals surface area (Å²) < 4.78 is 7.63. The van der Waals surface area contributed by atoms with Gasteiger partial charge in [-0.05, 0) is 52.6 Å². The van der Waals surface area contributed by atoms with Crippen molar-refractivity contribution < 1.29 is 0 Å². The van der Waals surface area contributed by atoms with Gasteiger partial charge in [-0.15, -0.1) is 0 Å². The zero-order valence-electron chi connectivity index (χ0n) is 26.3. The van der Waals surface area contributed by atoms with Crippen LogP contribution in [-0.2, 0) is 0 Å². The van der Waals surface area contributed by atoms with Crippen molar-refractivity contribution in [3.8, 4) is 5.69 Å². The molecule has 0 bridgehead atoms. The van der Waals surface area contributed by atoms with Crippen LogP contribution < -0.4 is 0 Å². The molecule has 224 valence electrons. The Kier molecular flexibility index (Phi) is 4.15. The first-order valence-corrected chi connectivity index (χ1v) is 17.0. The molecule has 0 aliphatic rings. The molecule has 5 aromatic heterocycles. The second-order valence-corrected chi connectivity index (χ2v) is 13.7. The van der Waals surface area contributed by atoms with Crippen molar-refractivity contribution in [3.63, 3.8) is 0 Å². The SMILES string of the molecule is c1ccc2c(c1)cc1c3c(c4ccc5ccccc5c4n3-c3cc4c5ccccc5n5c6ccccc6c(c3)c45)n3c4ccccc4c2c13. The van der Waals surface area contributed by atoms with Crippen LogP contribution in [0.2, 0.25) is 0 Å². The molecule has 0 aliphatic heterocycles. The van der Waals surface area contributed by atoms with E-state index in [1.165, 1.54) is 114 Å². The van der Waals surface area contributed by atoms with Crippen LogP contribution in [0.4, 0.5) is 0 Å². The maximum Gasteiger partial charge on any atom is 0.0804 e. The molecule has 0 saturated heterocycles. The molecule has 5 heterocycles. The summed E-state index contributed by atoms with van der Waals surface area (Å²) in [5.41, 5.74) is 11.4. The molecule has 0 unspecified atom stereocenters. The number of fused-ring (bicyclic) bond motifs is 18. The van der Waals surface area contributed by atoms with Crippen molar-refractivity contribution in [2.24, 2.45) is 0 Å². The zero-order chi connectivity index (χ0) is 31.5. The van der Waals surface area contributed by atoms with Crippen LogP contribution in [0.5, 0.6) is 0 Å². The minimum atomic E-state index is 1.20. The highest BCUT2D eigenvalue weighted by atomic mass is 15.0. The summed E-state index contributed by atoms with van der Waals surface area (Å²) >= 11 is 0. The predicted octanol–water partition coefficient (Wildman–Crippen LogP) is 12.2. The van der Waals surface area contributed by atoms with E-state index in [-0.39, 0.29) is 0 Å². The summed E-state index contributed by atoms with van der Waals surface area (Å²) in [6.07, 6.45) is 0. The zero-order valence-corrected chi connectivity index (χ0v) is 26.3. The van der Waals surface area contributed by atoms with E-state index >= 15 is 0 Å². The van der Waals surface area contributed by atoms with Crippen LogP contribution in [0.1, 0.15) is 0 Å². The number of hydrogen-bond donors (Lipinski definition) is 0. The number of aromatic nitrogens is 3. The molecule has 13 aromatic rings. The second-order valence-electron chi connectivity index (χ2n) is 13.7. The van der Waals surface area contributed by atoms with Gasteiger partial charge in [0, 0.05) is 54.2 Å². The average molecular weight is 620 g/mol. The standard InChI is InChI=1S/C46H25N3/c1-4-14-30-26(11-1)21-22-34-42(30)47(28-24-35-31-15-5-8-18-38(31)48-39-19-9-6-16-32(39)36(25-28)43(35)48)46-37-23-27-12-2-3-13-29(27)41-33-17-7-10-20-40(33)49(44(37)41)45(34)46/h1-25H. The average Bonchev–Trinajstić information content (AvgIpc) is 3.94. The van der Waals surface area contributed by atoms with E-state index in [0.717, 1.165) is 0 Å². The van der Waals surface area contributed by atoms with Crippen LogP contribution in [0, 0.1) is 0 Å². The maximum absolute atomic E-state index is 2.60. The van der Waals surface area contributed by atoms with E-state index < -0.39 is 0 Å². The van der Waals surface area contributed by atoms with Crippen LogP contribution in [0.3, 0.4) is 0 Å². The van der Waals surface area contributed by atoms with Gasteiger partial charge in [-0.1, -0.05) is 115 Å². The van der Waals surface area contributed by atoms with Gasteiger partial charge in [-0.2, -0.15) is 0 Å². The quantitative estimate of drug-likeness (QED) is 0.174. The lowest BCUT2D eigenvalue weighted by atomic mass is 10.0. The first-order valence-electron chi connectivity index (χ1n) is 17.0. The van der Waals surface area contributed by atoms with Gasteiger partial charge in [-0.3, -0.25) is 0 Å². The Morgan fingerprint density at radius 2 is 0.857 bits per heavy atom. The lowest BCUT2D eigenvalue weighted by Crippen LogP contribution is -1.95. The highest BCUT2D eigenvalue weighted by Crippen LogP contribution is 2.49. The van der Waals surface area contributed by atoms with Gasteiger partial charge in [-0.25, -0.2) is 0 Å². The first-order chi connectivity index (χ1) is 24.3. The van der Waals surface area contributed by atoms with Gasteiger partial charge in [0.25, 0.3) is 0 Å². The van der Waals surface area contributed by atoms with Gasteiger partial charge in [0.05, 0.1) is 44.1 Å². The van der Waals surface area contributed by atoms with Gasteiger partial charge < -0.3 is 13.4 Å². The minimum Gasteiger partial charge on any atom is -0.308 e. The van der Waals surface area contributed by atoms with E-state index in [1.54, 1.807) is 0 Å². The van der Waals surface area contributed by atoms with Crippen LogP contribution in [0.25, 0.3) is 114 Å². The summed E-state index contributed by atoms with van der Waals surface area (Å²) in [6, 6.07) is 56.5. The summed E-state index contributed by atoms with van der Waals surface area (Å²) in [5, 5.41) is 15.5. The molecule has 0 amide bonds. The molecule has 8 aromatic carbocycles. The Labute approximate surface area is 278 Å². The normalized spacial score (nSPS) is 12.9. The van der Waals surface area contributed by atoms with E-state index in [4.69, 9.17) is 0 Å². The minimum absolute atomic E-state index is 1.20. The molecule has 0 spiro atoms. The molecule has 0 N–H and O–H groups in total. The highest BCUT2D eigenvalue weighted by Gasteiger charge is 2.27. The van der Waals surface area contributed by atoms with Crippen LogP contribution in [-0.4, -0.2) is 13.4 Å². The predicted molar refractivity (Wildman–Crippen MR) is 208 cm³/mol. The van der Waals surface area contributed by atoms with Crippen LogP contribution >= 0.6 is 0 Å². The lowest BCUT2D eigenvalue weighted by Gasteiger charge is -2.12. The Hall–Kier alpha value is -6.58. The molecule has 0 saturated carbocycles. The Balaban J connectivity index is 1.34. The van der Waals surface area contributed by atoms with E-state index in [9.17, 15) is 0 Å². The third-order valence-electron chi connectivity index (χ3n) is 11.4. The fraction of sp³-hybridized carbons (Fsp3) is 0. The van der Waals surface area contributed by atoms with Crippen molar-refractivity contribution in [2.75, 3.05) is 0 Å². The topological polar surface area (TPSA) is 13.8 Å². The molecule has 49 heavy (non-hydrogen) atoms. The van der Waals surface area contributed by atoms with Gasteiger partial charge in [0.15, 0.2) is 0 Å². The van der Waals surface area contributed by atoms with E-state index in [0.29, 0.717) is 0 Å². The Morgan fingerprint density at radius 3 is 1.57 bits per heavy atom. The number of rotatable bonds is 1. The first kappa shape index (κ1) is 24.6. The smallest absolute Gasteiger partial charge is 0.0804 e. The van der Waals surface area contributed by atoms with Gasteiger partial charge >= 0.3 is 0 Å². The fourth-order valence-electron chi connectivity index (χ4n) is 9.58. The summed E-state index contributed by atoms with van der Waals surface area (Å²) in [7, 11) is 0. The van der Waals surface area contributed by atoms with Crippen molar-refractivity contribution in [3.05, 3.63) is 152 Å². The van der Waals surface area contributed by atoms with E-state index in [2.05, 4.69) is 165 Å². The Bertz CT molecular complexity index is 3470. The second kappa shape index (κ2) is 8.28. The maximum atomic E-state index is 2.60. The Morgan fingerprint density at radius 1 is 0.286 bits per heavy atom. The third kappa shape index (κ3) is 2.73. The molecule has 3 nitrogen and oxygen atoms in total. The van der Waals surface area contributed by atoms with Gasteiger partial charge in [0.1, 0.15) is 0 Å². The lowest BCUT2D eigenvalue weighted by molar-refractivity contribution is 1.20. The number of para-hydroxylation sites is 3. The number of hydrogen-bond acceptors (Lipinski definition) is 0.